The molecule has 5 heteroatoms. The summed E-state index contributed by atoms with van der Waals surface area (Å²) >= 11 is 0. The Labute approximate surface area is 121 Å². The van der Waals surface area contributed by atoms with E-state index in [4.69, 9.17) is 10.8 Å². The number of carboxylic acids is 1. The van der Waals surface area contributed by atoms with E-state index in [9.17, 15) is 4.79 Å². The lowest BCUT2D eigenvalue weighted by Gasteiger charge is -2.08. The van der Waals surface area contributed by atoms with Crippen molar-refractivity contribution in [3.05, 3.63) is 48.0 Å². The van der Waals surface area contributed by atoms with Gasteiger partial charge in [0.1, 0.15) is 12.4 Å². The molecule has 2 aromatic carbocycles. The van der Waals surface area contributed by atoms with E-state index in [1.165, 1.54) is 0 Å². The van der Waals surface area contributed by atoms with Gasteiger partial charge in [-0.1, -0.05) is 24.3 Å². The quantitative estimate of drug-likeness (QED) is 0.723. The highest BCUT2D eigenvalue weighted by Crippen LogP contribution is 2.27. The first-order valence-electron chi connectivity index (χ1n) is 6.60. The molecule has 0 aliphatic rings. The average Bonchev–Trinajstić information content (AvgIpc) is 2.80. The highest BCUT2D eigenvalue weighted by Gasteiger charge is 2.15. The highest BCUT2D eigenvalue weighted by atomic mass is 16.4. The first-order valence-corrected chi connectivity index (χ1v) is 6.60. The van der Waals surface area contributed by atoms with E-state index in [0.717, 1.165) is 22.2 Å². The molecule has 1 heterocycles. The maximum absolute atomic E-state index is 11.1. The molecule has 0 atom stereocenters. The van der Waals surface area contributed by atoms with E-state index >= 15 is 0 Å². The third-order valence-electron chi connectivity index (χ3n) is 3.49. The molecule has 3 aromatic rings. The topological polar surface area (TPSA) is 81.1 Å². The molecule has 0 aliphatic heterocycles. The molecule has 0 radical (unpaired) electrons. The lowest BCUT2D eigenvalue weighted by molar-refractivity contribution is -0.137. The summed E-state index contributed by atoms with van der Waals surface area (Å²) in [6, 6.07) is 13.1. The molecular weight excluding hydrogens is 266 g/mol. The Morgan fingerprint density at radius 1 is 1.29 bits per heavy atom. The Morgan fingerprint density at radius 2 is 2.05 bits per heavy atom. The van der Waals surface area contributed by atoms with Gasteiger partial charge in [-0.15, -0.1) is 0 Å². The average molecular weight is 281 g/mol. The maximum Gasteiger partial charge on any atom is 0.323 e. The molecule has 0 fully saturated rings. The van der Waals surface area contributed by atoms with Crippen LogP contribution < -0.4 is 5.73 Å². The fourth-order valence-electron chi connectivity index (χ4n) is 2.37. The number of nitrogens with zero attached hydrogens (tertiary/aromatic N) is 2. The molecular formula is C16H15N3O2. The third kappa shape index (κ3) is 2.33. The molecule has 0 aliphatic carbocycles. The second kappa shape index (κ2) is 4.94. The van der Waals surface area contributed by atoms with Crippen molar-refractivity contribution in [3.63, 3.8) is 0 Å². The molecule has 0 unspecified atom stereocenters. The summed E-state index contributed by atoms with van der Waals surface area (Å²) in [5.41, 5.74) is 9.99. The minimum Gasteiger partial charge on any atom is -0.480 e. The van der Waals surface area contributed by atoms with Crippen LogP contribution in [-0.2, 0) is 11.3 Å². The van der Waals surface area contributed by atoms with Gasteiger partial charge in [0, 0.05) is 11.3 Å². The number of hydrogen-bond donors (Lipinski definition) is 2. The Balaban J connectivity index is 2.25. The van der Waals surface area contributed by atoms with Crippen LogP contribution in [0.4, 0.5) is 5.69 Å². The van der Waals surface area contributed by atoms with Crippen molar-refractivity contribution in [2.24, 2.45) is 0 Å². The number of carbonyl (C=O) groups is 1. The number of aromatic nitrogens is 2. The molecule has 21 heavy (non-hydrogen) atoms. The molecule has 3 rings (SSSR count). The summed E-state index contributed by atoms with van der Waals surface area (Å²) in [7, 11) is 0. The van der Waals surface area contributed by atoms with Crippen molar-refractivity contribution in [1.82, 2.24) is 9.55 Å². The SMILES string of the molecule is Cc1ccc(-c2nc3ccccc3n2CC(=O)O)cc1N. The number of nitrogens with two attached hydrogens (primary N) is 1. The van der Waals surface area contributed by atoms with Gasteiger partial charge in [-0.25, -0.2) is 4.98 Å². The number of benzene rings is 2. The Kier molecular flexibility index (Phi) is 3.10. The van der Waals surface area contributed by atoms with Crippen molar-refractivity contribution in [2.45, 2.75) is 13.5 Å². The predicted octanol–water partition coefficient (Wildman–Crippen LogP) is 2.68. The first-order chi connectivity index (χ1) is 10.1. The molecule has 0 bridgehead atoms. The van der Waals surface area contributed by atoms with Gasteiger partial charge < -0.3 is 15.4 Å². The van der Waals surface area contributed by atoms with E-state index in [1.807, 2.05) is 49.4 Å². The number of imidazole rings is 1. The highest BCUT2D eigenvalue weighted by molar-refractivity contribution is 5.83. The van der Waals surface area contributed by atoms with Crippen LogP contribution in [-0.4, -0.2) is 20.6 Å². The number of aliphatic carboxylic acids is 1. The van der Waals surface area contributed by atoms with Crippen LogP contribution in [0.2, 0.25) is 0 Å². The van der Waals surface area contributed by atoms with E-state index in [1.54, 1.807) is 4.57 Å². The molecule has 0 spiro atoms. The zero-order chi connectivity index (χ0) is 15.0. The van der Waals surface area contributed by atoms with Crippen molar-refractivity contribution in [3.8, 4) is 11.4 Å². The molecule has 0 saturated heterocycles. The van der Waals surface area contributed by atoms with Crippen LogP contribution >= 0.6 is 0 Å². The first kappa shape index (κ1) is 13.2. The second-order valence-corrected chi connectivity index (χ2v) is 4.98. The van der Waals surface area contributed by atoms with Gasteiger partial charge in [0.25, 0.3) is 0 Å². The van der Waals surface area contributed by atoms with E-state index in [-0.39, 0.29) is 6.54 Å². The van der Waals surface area contributed by atoms with Crippen molar-refractivity contribution >= 4 is 22.7 Å². The summed E-state index contributed by atoms with van der Waals surface area (Å²) in [5.74, 6) is -0.287. The zero-order valence-corrected chi connectivity index (χ0v) is 11.6. The molecule has 3 N–H and O–H groups in total. The van der Waals surface area contributed by atoms with Crippen LogP contribution in [0, 0.1) is 6.92 Å². The normalized spacial score (nSPS) is 10.9. The smallest absolute Gasteiger partial charge is 0.323 e. The van der Waals surface area contributed by atoms with Gasteiger partial charge >= 0.3 is 5.97 Å². The Hall–Kier alpha value is -2.82. The molecule has 106 valence electrons. The fourth-order valence-corrected chi connectivity index (χ4v) is 2.37. The van der Waals surface area contributed by atoms with Gasteiger partial charge in [0.2, 0.25) is 0 Å². The zero-order valence-electron chi connectivity index (χ0n) is 11.6. The largest absolute Gasteiger partial charge is 0.480 e. The molecule has 1 aromatic heterocycles. The minimum absolute atomic E-state index is 0.135. The van der Waals surface area contributed by atoms with E-state index in [2.05, 4.69) is 4.98 Å². The van der Waals surface area contributed by atoms with Gasteiger partial charge in [0.15, 0.2) is 0 Å². The molecule has 0 saturated carbocycles. The van der Waals surface area contributed by atoms with Crippen LogP contribution in [0.15, 0.2) is 42.5 Å². The van der Waals surface area contributed by atoms with Gasteiger partial charge in [-0.2, -0.15) is 0 Å². The minimum atomic E-state index is -0.903. The van der Waals surface area contributed by atoms with Crippen LogP contribution in [0.1, 0.15) is 5.56 Å². The van der Waals surface area contributed by atoms with Crippen molar-refractivity contribution in [2.75, 3.05) is 5.73 Å². The number of anilines is 1. The molecule has 0 amide bonds. The van der Waals surface area contributed by atoms with Crippen molar-refractivity contribution in [1.29, 1.82) is 0 Å². The Bertz CT molecular complexity index is 837. The Morgan fingerprint density at radius 3 is 2.76 bits per heavy atom. The number of carboxylic acid groups (broad SMARTS) is 1. The number of para-hydroxylation sites is 2. The number of hydrogen-bond acceptors (Lipinski definition) is 3. The maximum atomic E-state index is 11.1. The van der Waals surface area contributed by atoms with Crippen LogP contribution in [0.3, 0.4) is 0 Å². The van der Waals surface area contributed by atoms with Crippen LogP contribution in [0.5, 0.6) is 0 Å². The van der Waals surface area contributed by atoms with E-state index < -0.39 is 5.97 Å². The standard InChI is InChI=1S/C16H15N3O2/c1-10-6-7-11(8-12(10)17)16-18-13-4-2-3-5-14(13)19(16)9-15(20)21/h2-8H,9,17H2,1H3,(H,20,21). The monoisotopic (exact) mass is 281 g/mol. The summed E-state index contributed by atoms with van der Waals surface area (Å²) in [5, 5.41) is 9.14. The summed E-state index contributed by atoms with van der Waals surface area (Å²) in [6.45, 7) is 1.79. The lowest BCUT2D eigenvalue weighted by atomic mass is 10.1. The number of aryl methyl sites for hydroxylation is 1. The lowest BCUT2D eigenvalue weighted by Crippen LogP contribution is -2.10. The third-order valence-corrected chi connectivity index (χ3v) is 3.49. The number of rotatable bonds is 3. The van der Waals surface area contributed by atoms with Gasteiger partial charge in [-0.3, -0.25) is 4.79 Å². The van der Waals surface area contributed by atoms with Crippen molar-refractivity contribution < 1.29 is 9.90 Å². The second-order valence-electron chi connectivity index (χ2n) is 4.98. The van der Waals surface area contributed by atoms with Gasteiger partial charge in [0.05, 0.1) is 11.0 Å². The van der Waals surface area contributed by atoms with E-state index in [0.29, 0.717) is 11.5 Å². The summed E-state index contributed by atoms with van der Waals surface area (Å²) < 4.78 is 1.70. The number of nitrogen functional groups attached to an aromatic ring is 1. The summed E-state index contributed by atoms with van der Waals surface area (Å²) in [6.07, 6.45) is 0. The molecule has 5 nitrogen and oxygen atoms in total. The number of fused-ring (bicyclic) bond motifs is 1. The van der Waals surface area contributed by atoms with Gasteiger partial charge in [-0.05, 0) is 30.7 Å². The predicted molar refractivity (Wildman–Crippen MR) is 82.0 cm³/mol. The summed E-state index contributed by atoms with van der Waals surface area (Å²) in [4.78, 5) is 15.7. The fraction of sp³-hybridized carbons (Fsp3) is 0.125. The van der Waals surface area contributed by atoms with Crippen LogP contribution in [0.25, 0.3) is 22.4 Å².